The van der Waals surface area contributed by atoms with Gasteiger partial charge in [0.2, 0.25) is 5.75 Å². The summed E-state index contributed by atoms with van der Waals surface area (Å²) in [5.41, 5.74) is 6.04. The van der Waals surface area contributed by atoms with Crippen LogP contribution in [0, 0.1) is 0 Å². The molecule has 0 aliphatic carbocycles. The number of nitrogens with one attached hydrogen (secondary N) is 2. The van der Waals surface area contributed by atoms with Crippen LogP contribution in [0.25, 0.3) is 0 Å². The predicted molar refractivity (Wildman–Crippen MR) is 192 cm³/mol. The van der Waals surface area contributed by atoms with Crippen LogP contribution in [0.1, 0.15) is 74.4 Å². The highest BCUT2D eigenvalue weighted by Crippen LogP contribution is 2.43. The van der Waals surface area contributed by atoms with E-state index in [1.165, 1.54) is 14.2 Å². The van der Waals surface area contributed by atoms with Crippen LogP contribution in [-0.4, -0.2) is 59.5 Å². The Kier molecular flexibility index (Phi) is 11.7. The quantitative estimate of drug-likeness (QED) is 0.0916. The van der Waals surface area contributed by atoms with Crippen molar-refractivity contribution in [2.24, 2.45) is 5.16 Å². The van der Waals surface area contributed by atoms with Gasteiger partial charge in [-0.2, -0.15) is 0 Å². The second-order valence-corrected chi connectivity index (χ2v) is 12.6. The third-order valence-electron chi connectivity index (χ3n) is 8.97. The Morgan fingerprint density at radius 1 is 0.788 bits per heavy atom. The van der Waals surface area contributed by atoms with E-state index in [4.69, 9.17) is 35.4 Å². The van der Waals surface area contributed by atoms with E-state index in [-0.39, 0.29) is 38.9 Å². The molecule has 0 spiro atoms. The van der Waals surface area contributed by atoms with Crippen molar-refractivity contribution in [3.05, 3.63) is 110 Å². The molecule has 0 radical (unpaired) electrons. The number of fused-ring (bicyclic) bond motifs is 1. The number of aliphatic hydroxyl groups excluding tert-OH is 4. The van der Waals surface area contributed by atoms with E-state index in [2.05, 4.69) is 15.8 Å². The van der Waals surface area contributed by atoms with Crippen LogP contribution >= 0.6 is 11.6 Å². The fourth-order valence-electron chi connectivity index (χ4n) is 6.26. The zero-order valence-electron chi connectivity index (χ0n) is 28.6. The van der Waals surface area contributed by atoms with Crippen LogP contribution < -0.4 is 29.6 Å². The Hall–Kier alpha value is -5.05. The maximum absolute atomic E-state index is 12.7. The second-order valence-electron chi connectivity index (χ2n) is 12.2. The Morgan fingerprint density at radius 2 is 1.48 bits per heavy atom. The lowest BCUT2D eigenvalue weighted by Crippen LogP contribution is -2.38. The van der Waals surface area contributed by atoms with Crippen molar-refractivity contribution >= 4 is 28.9 Å². The number of hydrogen-bond donors (Lipinski definition) is 6. The van der Waals surface area contributed by atoms with Gasteiger partial charge in [-0.25, -0.2) is 0 Å². The van der Waals surface area contributed by atoms with E-state index in [0.29, 0.717) is 92.2 Å². The number of carbonyl (C=O) groups excluding carboxylic acids is 1. The molecule has 13 nitrogen and oxygen atoms in total. The van der Waals surface area contributed by atoms with Crippen molar-refractivity contribution in [2.45, 2.75) is 51.5 Å². The first-order valence-electron chi connectivity index (χ1n) is 16.6. The molecule has 0 bridgehead atoms. The minimum absolute atomic E-state index is 0.248. The number of aliphatic hydroxyl groups is 4. The number of halogens is 1. The highest BCUT2D eigenvalue weighted by Gasteiger charge is 2.28. The molecule has 0 saturated heterocycles. The molecule has 2 unspecified atom stereocenters. The number of rotatable bonds is 15. The summed E-state index contributed by atoms with van der Waals surface area (Å²) in [4.78, 5) is 18.5. The highest BCUT2D eigenvalue weighted by molar-refractivity contribution is 6.31. The summed E-state index contributed by atoms with van der Waals surface area (Å²) in [5.74, 6) is 1.57. The summed E-state index contributed by atoms with van der Waals surface area (Å²) in [6, 6.07) is 17.5. The molecule has 2 aliphatic heterocycles. The summed E-state index contributed by atoms with van der Waals surface area (Å²) in [6.45, 7) is -0.564. The van der Waals surface area contributed by atoms with Crippen molar-refractivity contribution in [2.75, 3.05) is 32.8 Å². The number of nitrogens with zero attached hydrogens (tertiary/aromatic N) is 1. The smallest absolute Gasteiger partial charge is 0.255 e. The molecule has 0 fully saturated rings. The van der Waals surface area contributed by atoms with E-state index in [0.717, 1.165) is 11.1 Å². The van der Waals surface area contributed by atoms with E-state index < -0.39 is 12.3 Å². The number of methoxy groups -OCH3 is 2. The molecule has 52 heavy (non-hydrogen) atoms. The molecule has 4 aromatic rings. The van der Waals surface area contributed by atoms with Gasteiger partial charge in [0.05, 0.1) is 65.1 Å². The lowest BCUT2D eigenvalue weighted by atomic mass is 9.93. The van der Waals surface area contributed by atoms with Gasteiger partial charge in [-0.3, -0.25) is 4.79 Å². The standard InChI is InChI=1S/C38H40ClN3O10/c1-48-34-13-23(33-16-31(42-52-33)22-11-24(17-43)29(20-46)25(12-22)18-44)14-35(49-2)36(34)51-9-3-8-50-32-7-4-21(10-26(32)19-45)37-40-30-6-5-27(39)15-28(30)38(47)41-37/h4-7,10-15,33,37,40,43-46H,3,8-9,16-20H2,1-2H3,(H,41,47). The molecular weight excluding hydrogens is 694 g/mol. The minimum Gasteiger partial charge on any atom is -0.493 e. The van der Waals surface area contributed by atoms with Gasteiger partial charge in [-0.15, -0.1) is 0 Å². The van der Waals surface area contributed by atoms with Gasteiger partial charge < -0.3 is 54.8 Å². The zero-order chi connectivity index (χ0) is 36.8. The number of oxime groups is 1. The molecule has 0 saturated carbocycles. The average Bonchev–Trinajstić information content (AvgIpc) is 3.67. The first-order chi connectivity index (χ1) is 25.3. The number of amides is 1. The minimum atomic E-state index is -0.495. The lowest BCUT2D eigenvalue weighted by Gasteiger charge is -2.28. The van der Waals surface area contributed by atoms with Crippen LogP contribution in [0.2, 0.25) is 5.02 Å². The van der Waals surface area contributed by atoms with Gasteiger partial charge in [0.25, 0.3) is 5.91 Å². The van der Waals surface area contributed by atoms with Crippen LogP contribution in [0.5, 0.6) is 23.0 Å². The SMILES string of the molecule is COc1cc(C2CC(c3cc(CO)c(CO)c(CO)c3)=NO2)cc(OC)c1OCCCOc1ccc(C2NC(=O)c3cc(Cl)ccc3N2)cc1CO. The maximum Gasteiger partial charge on any atom is 0.255 e. The van der Waals surface area contributed by atoms with Gasteiger partial charge in [-0.05, 0) is 76.9 Å². The van der Waals surface area contributed by atoms with Crippen molar-refractivity contribution < 1.29 is 49.0 Å². The number of anilines is 1. The topological polar surface area (TPSA) is 181 Å². The predicted octanol–water partition coefficient (Wildman–Crippen LogP) is 4.89. The zero-order valence-corrected chi connectivity index (χ0v) is 29.4. The first kappa shape index (κ1) is 36.7. The number of ether oxygens (including phenoxy) is 4. The fourth-order valence-corrected chi connectivity index (χ4v) is 6.43. The Balaban J connectivity index is 1.06. The molecule has 274 valence electrons. The average molecular weight is 734 g/mol. The molecule has 2 aliphatic rings. The normalized spacial score (nSPS) is 16.3. The Bertz CT molecular complexity index is 1920. The monoisotopic (exact) mass is 733 g/mol. The largest absolute Gasteiger partial charge is 0.493 e. The first-order valence-corrected chi connectivity index (χ1v) is 17.0. The van der Waals surface area contributed by atoms with Gasteiger partial charge in [0.15, 0.2) is 17.6 Å². The van der Waals surface area contributed by atoms with Crippen LogP contribution in [0.15, 0.2) is 65.8 Å². The van der Waals surface area contributed by atoms with Crippen molar-refractivity contribution in [3.8, 4) is 23.0 Å². The molecule has 2 atom stereocenters. The molecule has 6 N–H and O–H groups in total. The van der Waals surface area contributed by atoms with E-state index >= 15 is 0 Å². The number of benzene rings is 4. The molecule has 14 heteroatoms. The molecule has 1 amide bonds. The maximum atomic E-state index is 12.7. The van der Waals surface area contributed by atoms with Crippen LogP contribution in [-0.2, 0) is 31.3 Å². The highest BCUT2D eigenvalue weighted by atomic mass is 35.5. The van der Waals surface area contributed by atoms with Crippen molar-refractivity contribution in [3.63, 3.8) is 0 Å². The van der Waals surface area contributed by atoms with E-state index in [1.54, 1.807) is 54.6 Å². The van der Waals surface area contributed by atoms with Crippen molar-refractivity contribution in [1.29, 1.82) is 0 Å². The molecular formula is C38H40ClN3O10. The van der Waals surface area contributed by atoms with E-state index in [1.807, 2.05) is 6.07 Å². The van der Waals surface area contributed by atoms with Crippen molar-refractivity contribution in [1.82, 2.24) is 5.32 Å². The molecule has 2 heterocycles. The van der Waals surface area contributed by atoms with E-state index in [9.17, 15) is 25.2 Å². The third-order valence-corrected chi connectivity index (χ3v) is 9.21. The number of hydrogen-bond acceptors (Lipinski definition) is 12. The van der Waals surface area contributed by atoms with Crippen LogP contribution in [0.3, 0.4) is 0 Å². The summed E-state index contributed by atoms with van der Waals surface area (Å²) >= 11 is 6.05. The summed E-state index contributed by atoms with van der Waals surface area (Å²) in [7, 11) is 3.06. The Labute approximate surface area is 305 Å². The molecule has 4 aromatic carbocycles. The fraction of sp³-hybridized carbons (Fsp3) is 0.316. The van der Waals surface area contributed by atoms with Gasteiger partial charge >= 0.3 is 0 Å². The molecule has 0 aromatic heterocycles. The van der Waals surface area contributed by atoms with Gasteiger partial charge in [0, 0.05) is 40.2 Å². The summed E-state index contributed by atoms with van der Waals surface area (Å²) in [5, 5.41) is 50.4. The van der Waals surface area contributed by atoms with Crippen LogP contribution in [0.4, 0.5) is 5.69 Å². The Morgan fingerprint density at radius 3 is 2.13 bits per heavy atom. The van der Waals surface area contributed by atoms with Gasteiger partial charge in [-0.1, -0.05) is 22.8 Å². The summed E-state index contributed by atoms with van der Waals surface area (Å²) < 4.78 is 23.4. The second kappa shape index (κ2) is 16.5. The molecule has 6 rings (SSSR count). The third kappa shape index (κ3) is 7.73. The summed E-state index contributed by atoms with van der Waals surface area (Å²) in [6.07, 6.45) is -0.0430. The van der Waals surface area contributed by atoms with Gasteiger partial charge in [0.1, 0.15) is 11.9 Å². The number of carbonyl (C=O) groups is 1. The lowest BCUT2D eigenvalue weighted by molar-refractivity contribution is 0.0852.